The topological polar surface area (TPSA) is 39.4 Å². The van der Waals surface area contributed by atoms with Crippen LogP contribution in [0, 0.1) is 0 Å². The third-order valence-corrected chi connectivity index (χ3v) is 5.39. The van der Waals surface area contributed by atoms with Gasteiger partial charge in [0, 0.05) is 5.56 Å². The summed E-state index contributed by atoms with van der Waals surface area (Å²) < 4.78 is 11.1. The minimum atomic E-state index is -0.583. The van der Waals surface area contributed by atoms with Gasteiger partial charge < -0.3 is 9.15 Å². The number of alkyl halides is 1. The highest BCUT2D eigenvalue weighted by atomic mass is 127. The fraction of sp³-hybridized carbons (Fsp3) is 0.562. The first-order chi connectivity index (χ1) is 9.38. The molecule has 2 bridgehead atoms. The number of furan rings is 2. The Bertz CT molecular complexity index is 581. The lowest BCUT2D eigenvalue weighted by Gasteiger charge is -2.34. The molecular weight excluding hydrogens is 367 g/mol. The maximum atomic E-state index is 12.5. The van der Waals surface area contributed by atoms with Crippen molar-refractivity contribution >= 4 is 39.7 Å². The maximum absolute atomic E-state index is 12.5. The molecule has 110 valence electrons. The molecule has 2 heterocycles. The Morgan fingerprint density at radius 1 is 1.25 bits per heavy atom. The number of benzene rings is 1. The van der Waals surface area contributed by atoms with E-state index in [4.69, 9.17) is 9.15 Å². The Kier molecular flexibility index (Phi) is 4.33. The van der Waals surface area contributed by atoms with Crippen molar-refractivity contribution < 1.29 is 13.9 Å². The number of hydrogen-bond donors (Lipinski definition) is 0. The zero-order valence-corrected chi connectivity index (χ0v) is 14.6. The molecule has 2 rings (SSSR count). The van der Waals surface area contributed by atoms with E-state index in [1.165, 1.54) is 0 Å². The Morgan fingerprint density at radius 2 is 1.90 bits per heavy atom. The highest BCUT2D eigenvalue weighted by Crippen LogP contribution is 2.41. The summed E-state index contributed by atoms with van der Waals surface area (Å²) in [6, 6.07) is 5.87. The van der Waals surface area contributed by atoms with Crippen LogP contribution in [0.15, 0.2) is 22.6 Å². The van der Waals surface area contributed by atoms with Crippen LogP contribution < -0.4 is 0 Å². The first-order valence-corrected chi connectivity index (χ1v) is 8.21. The molecule has 0 N–H and O–H groups in total. The van der Waals surface area contributed by atoms with Crippen molar-refractivity contribution in [1.82, 2.24) is 0 Å². The monoisotopic (exact) mass is 388 g/mol. The molecule has 0 amide bonds. The number of carbonyl (C=O) groups excluding carboxylic acids is 1. The van der Waals surface area contributed by atoms with Crippen LogP contribution in [-0.2, 0) is 15.1 Å². The Morgan fingerprint density at radius 3 is 2.30 bits per heavy atom. The lowest BCUT2D eigenvalue weighted by molar-refractivity contribution is -0.164. The Hall–Kier alpha value is -0.780. The zero-order valence-electron chi connectivity index (χ0n) is 12.5. The predicted molar refractivity (Wildman–Crippen MR) is 88.5 cm³/mol. The lowest BCUT2D eigenvalue weighted by Crippen LogP contribution is -2.38. The second kappa shape index (κ2) is 5.54. The maximum Gasteiger partial charge on any atom is 0.322 e. The number of carbonyl (C=O) groups is 1. The lowest BCUT2D eigenvalue weighted by atomic mass is 9.88. The molecule has 2 aromatic rings. The van der Waals surface area contributed by atoms with Crippen molar-refractivity contribution in [2.24, 2.45) is 0 Å². The summed E-state index contributed by atoms with van der Waals surface area (Å²) in [4.78, 5) is 12.5. The minimum Gasteiger partial charge on any atom is -0.457 e. The Balaban J connectivity index is 2.35. The number of esters is 1. The molecule has 0 saturated carbocycles. The van der Waals surface area contributed by atoms with Crippen LogP contribution in [0.3, 0.4) is 0 Å². The van der Waals surface area contributed by atoms with Crippen LogP contribution in [0.4, 0.5) is 0 Å². The first-order valence-electron chi connectivity index (χ1n) is 7.13. The molecule has 3 nitrogen and oxygen atoms in total. The summed E-state index contributed by atoms with van der Waals surface area (Å²) in [5, 5.41) is 0. The number of hydrogen-bond acceptors (Lipinski definition) is 3. The third kappa shape index (κ3) is 2.54. The molecule has 1 atom stereocenters. The summed E-state index contributed by atoms with van der Waals surface area (Å²) in [6.07, 6.45) is 2.23. The van der Waals surface area contributed by atoms with Gasteiger partial charge in [0.1, 0.15) is 20.2 Å². The van der Waals surface area contributed by atoms with Gasteiger partial charge in [-0.25, -0.2) is 0 Å². The average Bonchev–Trinajstić information content (AvgIpc) is 3.07. The summed E-state index contributed by atoms with van der Waals surface area (Å²) in [5.41, 5.74) is 2.07. The molecular formula is C16H21IO3. The molecule has 0 aliphatic carbocycles. The van der Waals surface area contributed by atoms with Crippen LogP contribution in [0.2, 0.25) is 0 Å². The van der Waals surface area contributed by atoms with Crippen molar-refractivity contribution in [2.45, 2.75) is 56.0 Å². The molecule has 4 heteroatoms. The van der Waals surface area contributed by atoms with Crippen LogP contribution >= 0.6 is 22.6 Å². The van der Waals surface area contributed by atoms with E-state index in [9.17, 15) is 4.79 Å². The van der Waals surface area contributed by atoms with Gasteiger partial charge in [0.2, 0.25) is 0 Å². The normalized spacial score (nSPS) is 15.4. The van der Waals surface area contributed by atoms with Gasteiger partial charge in [-0.15, -0.1) is 0 Å². The van der Waals surface area contributed by atoms with E-state index in [0.29, 0.717) is 0 Å². The van der Waals surface area contributed by atoms with E-state index in [1.807, 2.05) is 32.0 Å². The number of halogens is 1. The number of ether oxygens (including phenoxy) is 1. The van der Waals surface area contributed by atoms with Gasteiger partial charge in [-0.05, 0) is 44.4 Å². The van der Waals surface area contributed by atoms with Crippen molar-refractivity contribution in [3.05, 3.63) is 23.8 Å². The zero-order chi connectivity index (χ0) is 15.0. The van der Waals surface area contributed by atoms with Crippen LogP contribution in [0.25, 0.3) is 11.2 Å². The third-order valence-electron chi connectivity index (χ3n) is 4.19. The second-order valence-electron chi connectivity index (χ2n) is 5.40. The summed E-state index contributed by atoms with van der Waals surface area (Å²) in [5.74, 6) is -0.150. The van der Waals surface area contributed by atoms with Crippen molar-refractivity contribution in [1.29, 1.82) is 0 Å². The number of fused-ring (bicyclic) bond motifs is 2. The van der Waals surface area contributed by atoms with E-state index < -0.39 is 9.02 Å². The molecule has 0 spiro atoms. The van der Waals surface area contributed by atoms with Gasteiger partial charge in [0.15, 0.2) is 0 Å². The van der Waals surface area contributed by atoms with E-state index in [0.717, 1.165) is 36.0 Å². The van der Waals surface area contributed by atoms with Crippen molar-refractivity contribution in [3.63, 3.8) is 0 Å². The van der Waals surface area contributed by atoms with Crippen LogP contribution in [0.5, 0.6) is 0 Å². The molecule has 2 aromatic heterocycles. The van der Waals surface area contributed by atoms with E-state index in [1.54, 1.807) is 0 Å². The Labute approximate surface area is 133 Å². The van der Waals surface area contributed by atoms with Crippen molar-refractivity contribution in [2.75, 3.05) is 0 Å². The molecule has 0 aliphatic rings. The molecule has 1 unspecified atom stereocenters. The SMILES string of the molecule is CCC(C)(I)C(=O)OC(CC)(CC)c1cc2ccc1o2. The summed E-state index contributed by atoms with van der Waals surface area (Å²) in [6.45, 7) is 8.02. The largest absolute Gasteiger partial charge is 0.457 e. The quantitative estimate of drug-likeness (QED) is 0.396. The molecule has 0 fully saturated rings. The van der Waals surface area contributed by atoms with E-state index >= 15 is 0 Å². The van der Waals surface area contributed by atoms with Gasteiger partial charge in [-0.3, -0.25) is 4.79 Å². The second-order valence-corrected chi connectivity index (χ2v) is 7.78. The van der Waals surface area contributed by atoms with Gasteiger partial charge >= 0.3 is 5.97 Å². The van der Waals surface area contributed by atoms with Crippen LogP contribution in [-0.4, -0.2) is 9.39 Å². The highest BCUT2D eigenvalue weighted by molar-refractivity contribution is 14.1. The fourth-order valence-corrected chi connectivity index (χ4v) is 2.51. The van der Waals surface area contributed by atoms with E-state index in [2.05, 4.69) is 36.4 Å². The van der Waals surface area contributed by atoms with Gasteiger partial charge in [0.25, 0.3) is 0 Å². The van der Waals surface area contributed by atoms with Gasteiger partial charge in [-0.1, -0.05) is 43.4 Å². The minimum absolute atomic E-state index is 0.150. The molecule has 0 saturated heterocycles. The predicted octanol–water partition coefficient (Wildman–Crippen LogP) is 5.03. The summed E-state index contributed by atoms with van der Waals surface area (Å²) >= 11 is 2.17. The fourth-order valence-electron chi connectivity index (χ4n) is 2.40. The molecule has 0 aromatic carbocycles. The molecule has 0 aliphatic heterocycles. The highest BCUT2D eigenvalue weighted by Gasteiger charge is 2.40. The van der Waals surface area contributed by atoms with Crippen molar-refractivity contribution in [3.8, 4) is 0 Å². The summed E-state index contributed by atoms with van der Waals surface area (Å²) in [7, 11) is 0. The average molecular weight is 388 g/mol. The van der Waals surface area contributed by atoms with E-state index in [-0.39, 0.29) is 5.97 Å². The van der Waals surface area contributed by atoms with Gasteiger partial charge in [-0.2, -0.15) is 0 Å². The van der Waals surface area contributed by atoms with Crippen LogP contribution in [0.1, 0.15) is 52.5 Å². The number of rotatable bonds is 6. The first kappa shape index (κ1) is 15.6. The molecule has 20 heavy (non-hydrogen) atoms. The molecule has 0 radical (unpaired) electrons. The smallest absolute Gasteiger partial charge is 0.322 e. The standard InChI is InChI=1S/C16H21IO3/c1-5-15(4,17)14(18)20-16(6-2,7-3)12-10-11-8-9-13(12)19-11/h8-10H,5-7H2,1-4H3. The van der Waals surface area contributed by atoms with Gasteiger partial charge in [0.05, 0.1) is 0 Å².